The lowest BCUT2D eigenvalue weighted by Gasteiger charge is -2.11. The molecule has 0 aliphatic carbocycles. The molecule has 1 heterocycles. The van der Waals surface area contributed by atoms with E-state index in [1.54, 1.807) is 4.83 Å². The molecule has 0 aliphatic heterocycles. The standard InChI is InChI=1S/C18H19N5O7S/c1-31(28,29)21-22-17(24)13-9-15(16(23(26)27)10-14(13)20-18(22)25)19-7-8-30-11-12-5-3-2-4-6-12/h2-6,9-10,19,21H,7-8,11H2,1H3,(H,20,25). The highest BCUT2D eigenvalue weighted by atomic mass is 32.2. The Bertz CT molecular complexity index is 1330. The Labute approximate surface area is 175 Å². The Hall–Kier alpha value is -3.71. The third-order valence-corrected chi connectivity index (χ3v) is 4.66. The molecule has 0 saturated heterocycles. The lowest BCUT2D eigenvalue weighted by Crippen LogP contribution is -2.43. The van der Waals surface area contributed by atoms with E-state index >= 15 is 0 Å². The molecule has 0 saturated carbocycles. The summed E-state index contributed by atoms with van der Waals surface area (Å²) < 4.78 is 28.6. The number of rotatable bonds is 9. The maximum atomic E-state index is 12.6. The number of ether oxygens (including phenoxy) is 1. The van der Waals surface area contributed by atoms with E-state index in [1.165, 1.54) is 6.07 Å². The van der Waals surface area contributed by atoms with Crippen molar-refractivity contribution < 1.29 is 18.1 Å². The minimum absolute atomic E-state index is 0.0239. The van der Waals surface area contributed by atoms with E-state index in [-0.39, 0.29) is 40.1 Å². The van der Waals surface area contributed by atoms with Gasteiger partial charge in [-0.05, 0) is 11.6 Å². The number of benzene rings is 2. The molecule has 3 rings (SSSR count). The van der Waals surface area contributed by atoms with Crippen LogP contribution in [-0.4, -0.2) is 42.4 Å². The Morgan fingerprint density at radius 1 is 1.19 bits per heavy atom. The lowest BCUT2D eigenvalue weighted by atomic mass is 10.2. The largest absolute Gasteiger partial charge is 0.377 e. The molecule has 164 valence electrons. The van der Waals surface area contributed by atoms with Crippen LogP contribution in [0.1, 0.15) is 5.56 Å². The van der Waals surface area contributed by atoms with Crippen LogP contribution in [0.2, 0.25) is 0 Å². The average molecular weight is 449 g/mol. The Morgan fingerprint density at radius 2 is 1.90 bits per heavy atom. The predicted octanol–water partition coefficient (Wildman–Crippen LogP) is 0.730. The molecule has 3 aromatic rings. The van der Waals surface area contributed by atoms with Crippen molar-refractivity contribution in [1.29, 1.82) is 0 Å². The number of nitrogens with zero attached hydrogens (tertiary/aromatic N) is 2. The second-order valence-corrected chi connectivity index (χ2v) is 8.30. The number of H-pyrrole nitrogens is 1. The minimum atomic E-state index is -3.91. The molecule has 0 aliphatic rings. The summed E-state index contributed by atoms with van der Waals surface area (Å²) in [7, 11) is -3.91. The monoisotopic (exact) mass is 449 g/mol. The van der Waals surface area contributed by atoms with Crippen molar-refractivity contribution >= 4 is 32.3 Å². The zero-order valence-corrected chi connectivity index (χ0v) is 17.1. The minimum Gasteiger partial charge on any atom is -0.377 e. The first-order valence-electron chi connectivity index (χ1n) is 8.96. The van der Waals surface area contributed by atoms with Crippen LogP contribution in [0.3, 0.4) is 0 Å². The molecule has 31 heavy (non-hydrogen) atoms. The molecule has 0 radical (unpaired) electrons. The molecule has 0 fully saturated rings. The zero-order chi connectivity index (χ0) is 22.6. The quantitative estimate of drug-likeness (QED) is 0.244. The molecular weight excluding hydrogens is 430 g/mol. The SMILES string of the molecule is CS(=O)(=O)Nn1c(=O)[nH]c2cc([N+](=O)[O-])c(NCCOCc3ccccc3)cc2c1=O. The molecule has 3 N–H and O–H groups in total. The summed E-state index contributed by atoms with van der Waals surface area (Å²) >= 11 is 0. The van der Waals surface area contributed by atoms with E-state index in [0.29, 0.717) is 6.61 Å². The summed E-state index contributed by atoms with van der Waals surface area (Å²) in [6.45, 7) is 0.805. The predicted molar refractivity (Wildman–Crippen MR) is 114 cm³/mol. The van der Waals surface area contributed by atoms with Crippen LogP contribution in [0.4, 0.5) is 11.4 Å². The summed E-state index contributed by atoms with van der Waals surface area (Å²) in [5, 5.41) is 14.2. The molecule has 13 heteroatoms. The van der Waals surface area contributed by atoms with Gasteiger partial charge in [0.1, 0.15) is 5.69 Å². The molecule has 1 aromatic heterocycles. The molecule has 12 nitrogen and oxygen atoms in total. The summed E-state index contributed by atoms with van der Waals surface area (Å²) in [4.78, 5) is 39.5. The smallest absolute Gasteiger partial charge is 0.348 e. The van der Waals surface area contributed by atoms with Crippen LogP contribution in [0, 0.1) is 10.1 Å². The van der Waals surface area contributed by atoms with Crippen LogP contribution in [0.5, 0.6) is 0 Å². The summed E-state index contributed by atoms with van der Waals surface area (Å²) in [5.41, 5.74) is -1.51. The summed E-state index contributed by atoms with van der Waals surface area (Å²) in [6.07, 6.45) is 0.779. The fourth-order valence-corrected chi connectivity index (χ4v) is 3.31. The highest BCUT2D eigenvalue weighted by Gasteiger charge is 2.19. The number of sulfonamides is 1. The number of fused-ring (bicyclic) bond motifs is 1. The number of anilines is 1. The van der Waals surface area contributed by atoms with E-state index in [0.717, 1.165) is 17.9 Å². The maximum Gasteiger partial charge on any atom is 0.348 e. The number of nitro groups is 1. The summed E-state index contributed by atoms with van der Waals surface area (Å²) in [5.74, 6) is 0. The van der Waals surface area contributed by atoms with E-state index < -0.39 is 26.2 Å². The van der Waals surface area contributed by atoms with Gasteiger partial charge in [0.2, 0.25) is 10.0 Å². The van der Waals surface area contributed by atoms with Crippen molar-refractivity contribution in [3.8, 4) is 0 Å². The first-order chi connectivity index (χ1) is 14.7. The van der Waals surface area contributed by atoms with E-state index in [1.807, 2.05) is 30.3 Å². The fraction of sp³-hybridized carbons (Fsp3) is 0.222. The maximum absolute atomic E-state index is 12.6. The van der Waals surface area contributed by atoms with Crippen molar-refractivity contribution in [2.75, 3.05) is 29.6 Å². The first-order valence-corrected chi connectivity index (χ1v) is 10.9. The van der Waals surface area contributed by atoms with Gasteiger partial charge in [-0.25, -0.2) is 18.0 Å². The third kappa shape index (κ3) is 5.46. The van der Waals surface area contributed by atoms with Gasteiger partial charge in [-0.1, -0.05) is 30.3 Å². The van der Waals surface area contributed by atoms with E-state index in [2.05, 4.69) is 10.3 Å². The van der Waals surface area contributed by atoms with Crippen molar-refractivity contribution in [1.82, 2.24) is 9.66 Å². The fourth-order valence-electron chi connectivity index (χ4n) is 2.82. The molecule has 2 aromatic carbocycles. The number of aromatic amines is 1. The lowest BCUT2D eigenvalue weighted by molar-refractivity contribution is -0.383. The van der Waals surface area contributed by atoms with Crippen LogP contribution < -0.4 is 21.4 Å². The Kier molecular flexibility index (Phi) is 6.36. The average Bonchev–Trinajstić information content (AvgIpc) is 2.70. The van der Waals surface area contributed by atoms with Gasteiger partial charge < -0.3 is 15.0 Å². The number of nitrogens with one attached hydrogen (secondary N) is 3. The van der Waals surface area contributed by atoms with Gasteiger partial charge in [0.15, 0.2) is 0 Å². The third-order valence-electron chi connectivity index (χ3n) is 4.14. The zero-order valence-electron chi connectivity index (χ0n) is 16.3. The Morgan fingerprint density at radius 3 is 2.55 bits per heavy atom. The van der Waals surface area contributed by atoms with E-state index in [9.17, 15) is 28.1 Å². The molecule has 0 amide bonds. The van der Waals surface area contributed by atoms with Gasteiger partial charge in [-0.3, -0.25) is 14.9 Å². The van der Waals surface area contributed by atoms with Gasteiger partial charge in [-0.15, -0.1) is 0 Å². The number of hydrogen-bond donors (Lipinski definition) is 3. The highest BCUT2D eigenvalue weighted by molar-refractivity contribution is 7.91. The topological polar surface area (TPSA) is 165 Å². The number of aromatic nitrogens is 2. The van der Waals surface area contributed by atoms with Gasteiger partial charge >= 0.3 is 5.69 Å². The highest BCUT2D eigenvalue weighted by Crippen LogP contribution is 2.27. The van der Waals surface area contributed by atoms with Crippen molar-refractivity contribution in [2.24, 2.45) is 0 Å². The van der Waals surface area contributed by atoms with Crippen LogP contribution in [0.25, 0.3) is 10.9 Å². The van der Waals surface area contributed by atoms with Gasteiger partial charge in [0.05, 0.1) is 35.3 Å². The molecule has 0 bridgehead atoms. The van der Waals surface area contributed by atoms with Gasteiger partial charge in [0, 0.05) is 12.6 Å². The van der Waals surface area contributed by atoms with E-state index in [4.69, 9.17) is 4.74 Å². The second kappa shape index (κ2) is 8.97. The van der Waals surface area contributed by atoms with Crippen molar-refractivity contribution in [2.45, 2.75) is 6.61 Å². The molecule has 0 unspecified atom stereocenters. The van der Waals surface area contributed by atoms with Crippen LogP contribution in [0.15, 0.2) is 52.1 Å². The Balaban J connectivity index is 1.85. The van der Waals surface area contributed by atoms with Crippen LogP contribution >= 0.6 is 0 Å². The molecular formula is C18H19N5O7S. The van der Waals surface area contributed by atoms with Crippen LogP contribution in [-0.2, 0) is 21.4 Å². The summed E-state index contributed by atoms with van der Waals surface area (Å²) in [6, 6.07) is 11.7. The van der Waals surface area contributed by atoms with Gasteiger partial charge in [-0.2, -0.15) is 4.68 Å². The van der Waals surface area contributed by atoms with Crippen molar-refractivity contribution in [3.05, 3.63) is 79.0 Å². The first kappa shape index (κ1) is 22.0. The van der Waals surface area contributed by atoms with Gasteiger partial charge in [0.25, 0.3) is 11.2 Å². The second-order valence-electron chi connectivity index (χ2n) is 6.57. The number of nitro benzene ring substituents is 1. The number of hydrogen-bond acceptors (Lipinski definition) is 8. The molecule has 0 spiro atoms. The molecule has 0 atom stereocenters. The van der Waals surface area contributed by atoms with Crippen molar-refractivity contribution in [3.63, 3.8) is 0 Å². The normalized spacial score (nSPS) is 11.4.